The lowest BCUT2D eigenvalue weighted by Crippen LogP contribution is -2.07. The molecule has 0 atom stereocenters. The predicted octanol–water partition coefficient (Wildman–Crippen LogP) is 3.65. The smallest absolute Gasteiger partial charge is 0.346 e. The van der Waals surface area contributed by atoms with Crippen LogP contribution in [0, 0.1) is 0 Å². The largest absolute Gasteiger partial charge is 0.464 e. The van der Waals surface area contributed by atoms with E-state index in [2.05, 4.69) is 0 Å². The van der Waals surface area contributed by atoms with E-state index in [1.165, 1.54) is 0 Å². The van der Waals surface area contributed by atoms with Gasteiger partial charge in [-0.3, -0.25) is 0 Å². The van der Waals surface area contributed by atoms with Gasteiger partial charge in [0.2, 0.25) is 0 Å². The van der Waals surface area contributed by atoms with E-state index in [1.807, 2.05) is 30.3 Å². The molecule has 22 heavy (non-hydrogen) atoms. The van der Waals surface area contributed by atoms with Gasteiger partial charge in [0, 0.05) is 17.5 Å². The molecule has 0 aliphatic rings. The number of ether oxygens (including phenoxy) is 1. The Kier molecular flexibility index (Phi) is 4.02. The van der Waals surface area contributed by atoms with Crippen molar-refractivity contribution in [2.45, 2.75) is 6.42 Å². The normalized spacial score (nSPS) is 10.8. The Morgan fingerprint density at radius 1 is 1.09 bits per heavy atom. The highest BCUT2D eigenvalue weighted by Gasteiger charge is 2.13. The van der Waals surface area contributed by atoms with Crippen LogP contribution in [0.25, 0.3) is 10.8 Å². The van der Waals surface area contributed by atoms with Crippen LogP contribution in [0.15, 0.2) is 57.7 Å². The molecule has 112 valence electrons. The first-order valence-electron chi connectivity index (χ1n) is 6.84. The van der Waals surface area contributed by atoms with Crippen LogP contribution in [-0.2, 0) is 6.42 Å². The van der Waals surface area contributed by atoms with Crippen LogP contribution >= 0.6 is 11.6 Å². The molecule has 5 heteroatoms. The van der Waals surface area contributed by atoms with Gasteiger partial charge in [0.05, 0.1) is 12.0 Å². The molecule has 0 aliphatic carbocycles. The van der Waals surface area contributed by atoms with Gasteiger partial charge in [0.15, 0.2) is 0 Å². The Labute approximate surface area is 132 Å². The maximum Gasteiger partial charge on any atom is 0.346 e. The number of nitrogens with two attached hydrogens (primary N) is 1. The van der Waals surface area contributed by atoms with Crippen LogP contribution in [-0.4, -0.2) is 6.61 Å². The molecule has 0 unspecified atom stereocenters. The molecule has 0 fully saturated rings. The lowest BCUT2D eigenvalue weighted by Gasteiger charge is -2.08. The zero-order chi connectivity index (χ0) is 15.5. The molecule has 0 radical (unpaired) electrons. The number of anilines is 1. The first-order valence-corrected chi connectivity index (χ1v) is 7.21. The summed E-state index contributed by atoms with van der Waals surface area (Å²) in [5.41, 5.74) is 6.77. The van der Waals surface area contributed by atoms with Crippen molar-refractivity contribution >= 4 is 28.1 Å². The highest BCUT2D eigenvalue weighted by atomic mass is 35.5. The van der Waals surface area contributed by atoms with Gasteiger partial charge in [-0.15, -0.1) is 0 Å². The average molecular weight is 316 g/mol. The first kappa shape index (κ1) is 14.5. The summed E-state index contributed by atoms with van der Waals surface area (Å²) in [5.74, 6) is 0.0415. The molecule has 0 saturated heterocycles. The van der Waals surface area contributed by atoms with E-state index in [0.717, 1.165) is 5.56 Å². The van der Waals surface area contributed by atoms with Gasteiger partial charge in [0.25, 0.3) is 0 Å². The van der Waals surface area contributed by atoms with Crippen LogP contribution in [0.2, 0.25) is 5.02 Å². The standard InChI is InChI=1S/C17H14ClNO3/c18-15-13-7-6-12(19)10-14(13)16(20)22-17(15)21-9-8-11-4-2-1-3-5-11/h1-7,10H,8-9,19H2. The average Bonchev–Trinajstić information content (AvgIpc) is 2.53. The van der Waals surface area contributed by atoms with Crippen LogP contribution in [0.1, 0.15) is 5.56 Å². The summed E-state index contributed by atoms with van der Waals surface area (Å²) in [4.78, 5) is 12.0. The van der Waals surface area contributed by atoms with E-state index in [4.69, 9.17) is 26.5 Å². The maximum absolute atomic E-state index is 12.0. The summed E-state index contributed by atoms with van der Waals surface area (Å²) in [6.07, 6.45) is 0.695. The van der Waals surface area contributed by atoms with Crippen LogP contribution in [0.4, 0.5) is 5.69 Å². The minimum atomic E-state index is -0.513. The zero-order valence-corrected chi connectivity index (χ0v) is 12.5. The quantitative estimate of drug-likeness (QED) is 0.746. The highest BCUT2D eigenvalue weighted by molar-refractivity contribution is 6.36. The molecule has 0 aliphatic heterocycles. The summed E-state index contributed by atoms with van der Waals surface area (Å²) >= 11 is 6.25. The van der Waals surface area contributed by atoms with Crippen molar-refractivity contribution in [2.75, 3.05) is 12.3 Å². The molecule has 0 saturated carbocycles. The third kappa shape index (κ3) is 2.92. The van der Waals surface area contributed by atoms with Crippen molar-refractivity contribution in [3.8, 4) is 5.95 Å². The fourth-order valence-electron chi connectivity index (χ4n) is 2.22. The van der Waals surface area contributed by atoms with Gasteiger partial charge < -0.3 is 14.9 Å². The molecule has 3 aromatic rings. The van der Waals surface area contributed by atoms with Gasteiger partial charge in [-0.2, -0.15) is 0 Å². The molecule has 3 rings (SSSR count). The van der Waals surface area contributed by atoms with E-state index in [-0.39, 0.29) is 11.0 Å². The fourth-order valence-corrected chi connectivity index (χ4v) is 2.47. The van der Waals surface area contributed by atoms with Crippen molar-refractivity contribution in [1.29, 1.82) is 0 Å². The second kappa shape index (κ2) is 6.12. The van der Waals surface area contributed by atoms with E-state index >= 15 is 0 Å². The van der Waals surface area contributed by atoms with E-state index in [1.54, 1.807) is 18.2 Å². The van der Waals surface area contributed by atoms with Crippen molar-refractivity contribution in [3.63, 3.8) is 0 Å². The molecular formula is C17H14ClNO3. The Bertz CT molecular complexity index is 859. The van der Waals surface area contributed by atoms with Gasteiger partial charge in [-0.25, -0.2) is 4.79 Å². The number of hydrogen-bond acceptors (Lipinski definition) is 4. The van der Waals surface area contributed by atoms with E-state index in [0.29, 0.717) is 29.5 Å². The molecule has 1 heterocycles. The lowest BCUT2D eigenvalue weighted by molar-refractivity contribution is 0.235. The van der Waals surface area contributed by atoms with Gasteiger partial charge in [-0.05, 0) is 17.7 Å². The van der Waals surface area contributed by atoms with Gasteiger partial charge in [-0.1, -0.05) is 48.0 Å². The number of rotatable bonds is 4. The third-order valence-electron chi connectivity index (χ3n) is 3.33. The SMILES string of the molecule is Nc1ccc2c(Cl)c(OCCc3ccccc3)oc(=O)c2c1. The first-order chi connectivity index (χ1) is 10.6. The number of benzene rings is 2. The summed E-state index contributed by atoms with van der Waals surface area (Å²) in [5, 5.41) is 1.20. The molecular weight excluding hydrogens is 302 g/mol. The van der Waals surface area contributed by atoms with E-state index < -0.39 is 5.63 Å². The minimum absolute atomic E-state index is 0.0415. The summed E-state index contributed by atoms with van der Waals surface area (Å²) in [7, 11) is 0. The summed E-state index contributed by atoms with van der Waals surface area (Å²) < 4.78 is 10.7. The number of fused-ring (bicyclic) bond motifs is 1. The third-order valence-corrected chi connectivity index (χ3v) is 3.69. The van der Waals surface area contributed by atoms with Crippen LogP contribution in [0.3, 0.4) is 0 Å². The highest BCUT2D eigenvalue weighted by Crippen LogP contribution is 2.31. The second-order valence-electron chi connectivity index (χ2n) is 4.88. The van der Waals surface area contributed by atoms with Gasteiger partial charge in [0.1, 0.15) is 5.02 Å². The Morgan fingerprint density at radius 2 is 1.86 bits per heavy atom. The summed E-state index contributed by atoms with van der Waals surface area (Å²) in [6, 6.07) is 14.8. The maximum atomic E-state index is 12.0. The van der Waals surface area contributed by atoms with E-state index in [9.17, 15) is 4.79 Å². The lowest BCUT2D eigenvalue weighted by atomic mass is 10.1. The second-order valence-corrected chi connectivity index (χ2v) is 5.26. The molecule has 0 amide bonds. The Balaban J connectivity index is 1.84. The summed E-state index contributed by atoms with van der Waals surface area (Å²) in [6.45, 7) is 0.368. The topological polar surface area (TPSA) is 65.5 Å². The minimum Gasteiger partial charge on any atom is -0.464 e. The molecule has 2 N–H and O–H groups in total. The van der Waals surface area contributed by atoms with Crippen molar-refractivity contribution in [2.24, 2.45) is 0 Å². The molecule has 1 aromatic heterocycles. The van der Waals surface area contributed by atoms with Crippen LogP contribution in [0.5, 0.6) is 5.95 Å². The number of hydrogen-bond donors (Lipinski definition) is 1. The predicted molar refractivity (Wildman–Crippen MR) is 87.5 cm³/mol. The molecule has 2 aromatic carbocycles. The van der Waals surface area contributed by atoms with Crippen LogP contribution < -0.4 is 16.1 Å². The monoisotopic (exact) mass is 315 g/mol. The number of halogens is 1. The van der Waals surface area contributed by atoms with Crippen molar-refractivity contribution in [1.82, 2.24) is 0 Å². The van der Waals surface area contributed by atoms with Gasteiger partial charge >= 0.3 is 11.6 Å². The molecule has 4 nitrogen and oxygen atoms in total. The van der Waals surface area contributed by atoms with Crippen molar-refractivity contribution < 1.29 is 9.15 Å². The Hall–Kier alpha value is -2.46. The zero-order valence-electron chi connectivity index (χ0n) is 11.7. The number of nitrogen functional groups attached to an aromatic ring is 1. The Morgan fingerprint density at radius 3 is 2.64 bits per heavy atom. The molecule has 0 spiro atoms. The van der Waals surface area contributed by atoms with Crippen molar-refractivity contribution in [3.05, 3.63) is 69.5 Å². The molecule has 0 bridgehead atoms. The fraction of sp³-hybridized carbons (Fsp3) is 0.118.